The molecule has 0 spiro atoms. The summed E-state index contributed by atoms with van der Waals surface area (Å²) in [6.45, 7) is 3.58. The maximum Gasteiger partial charge on any atom is 0.297 e. The first-order valence-electron chi connectivity index (χ1n) is 8.05. The molecule has 1 aliphatic rings. The molecule has 1 amide bonds. The van der Waals surface area contributed by atoms with Gasteiger partial charge in [0.1, 0.15) is 5.54 Å². The zero-order chi connectivity index (χ0) is 18.9. The Kier molecular flexibility index (Phi) is 5.09. The summed E-state index contributed by atoms with van der Waals surface area (Å²) in [5, 5.41) is 3.20. The van der Waals surface area contributed by atoms with Gasteiger partial charge >= 0.3 is 0 Å². The Morgan fingerprint density at radius 2 is 1.77 bits per heavy atom. The first-order chi connectivity index (χ1) is 12.2. The Morgan fingerprint density at radius 1 is 1.12 bits per heavy atom. The summed E-state index contributed by atoms with van der Waals surface area (Å²) in [5.74, 6) is -0.138. The van der Waals surface area contributed by atoms with Crippen LogP contribution in [0.25, 0.3) is 0 Å². The molecule has 1 N–H and O–H groups in total. The van der Waals surface area contributed by atoms with Crippen LogP contribution < -0.4 is 10.2 Å². The molecule has 2 aromatic carbocycles. The maximum atomic E-state index is 12.7. The lowest BCUT2D eigenvalue weighted by atomic mass is 9.98. The second-order valence-electron chi connectivity index (χ2n) is 6.45. The molecular weight excluding hydrogens is 420 g/mol. The van der Waals surface area contributed by atoms with Crippen molar-refractivity contribution >= 4 is 43.3 Å². The number of benzene rings is 2. The van der Waals surface area contributed by atoms with Crippen LogP contribution in [-0.4, -0.2) is 33.0 Å². The molecule has 1 heterocycles. The number of hydrogen-bond acceptors (Lipinski definition) is 5. The lowest BCUT2D eigenvalue weighted by Gasteiger charge is -2.39. The van der Waals surface area contributed by atoms with E-state index in [1.165, 1.54) is 12.1 Å². The average molecular weight is 439 g/mol. The highest BCUT2D eigenvalue weighted by Crippen LogP contribution is 2.34. The fraction of sp³-hybridized carbons (Fsp3) is 0.278. The van der Waals surface area contributed by atoms with Gasteiger partial charge in [0.05, 0.1) is 29.4 Å². The number of halogens is 1. The van der Waals surface area contributed by atoms with Crippen LogP contribution in [0.5, 0.6) is 0 Å². The molecule has 138 valence electrons. The van der Waals surface area contributed by atoms with Gasteiger partial charge in [-0.3, -0.25) is 8.98 Å². The molecule has 0 fully saturated rings. The van der Waals surface area contributed by atoms with Gasteiger partial charge < -0.3 is 10.2 Å². The number of amides is 1. The number of carbonyl (C=O) groups excluding carboxylic acids is 1. The Hall–Kier alpha value is -1.90. The third-order valence-corrected chi connectivity index (χ3v) is 5.93. The summed E-state index contributed by atoms with van der Waals surface area (Å²) in [6.07, 6.45) is 0. The van der Waals surface area contributed by atoms with Crippen LogP contribution in [0.2, 0.25) is 0 Å². The Labute approximate surface area is 161 Å². The zero-order valence-corrected chi connectivity index (χ0v) is 16.8. The molecule has 2 aromatic rings. The monoisotopic (exact) mass is 438 g/mol. The molecule has 0 saturated carbocycles. The van der Waals surface area contributed by atoms with Crippen LogP contribution in [0.1, 0.15) is 13.8 Å². The van der Waals surface area contributed by atoms with Gasteiger partial charge in [0.25, 0.3) is 16.0 Å². The summed E-state index contributed by atoms with van der Waals surface area (Å²) in [6, 6.07) is 13.6. The minimum absolute atomic E-state index is 0.0769. The van der Waals surface area contributed by atoms with Crippen LogP contribution in [0, 0.1) is 0 Å². The van der Waals surface area contributed by atoms with Gasteiger partial charge in [0.2, 0.25) is 0 Å². The second kappa shape index (κ2) is 7.02. The number of anilines is 2. The first kappa shape index (κ1) is 18.9. The van der Waals surface area contributed by atoms with E-state index in [0.29, 0.717) is 5.69 Å². The van der Waals surface area contributed by atoms with Crippen molar-refractivity contribution in [1.29, 1.82) is 0 Å². The zero-order valence-electron chi connectivity index (χ0n) is 14.4. The summed E-state index contributed by atoms with van der Waals surface area (Å²) in [7, 11) is -3.88. The molecule has 0 atom stereocenters. The third kappa shape index (κ3) is 3.77. The van der Waals surface area contributed by atoms with Crippen LogP contribution in [-0.2, 0) is 19.1 Å². The van der Waals surface area contributed by atoms with E-state index < -0.39 is 15.7 Å². The molecule has 0 saturated heterocycles. The minimum Gasteiger partial charge on any atom is -0.370 e. The van der Waals surface area contributed by atoms with Crippen molar-refractivity contribution in [3.05, 3.63) is 53.0 Å². The Morgan fingerprint density at radius 3 is 2.46 bits per heavy atom. The number of fused-ring (bicyclic) bond motifs is 1. The largest absolute Gasteiger partial charge is 0.370 e. The van der Waals surface area contributed by atoms with Gasteiger partial charge in [-0.25, -0.2) is 0 Å². The number of nitrogens with one attached hydrogen (secondary N) is 1. The van der Waals surface area contributed by atoms with Crippen molar-refractivity contribution in [2.75, 3.05) is 23.4 Å². The van der Waals surface area contributed by atoms with Gasteiger partial charge in [0, 0.05) is 4.47 Å². The highest BCUT2D eigenvalue weighted by molar-refractivity contribution is 9.10. The van der Waals surface area contributed by atoms with E-state index in [9.17, 15) is 13.2 Å². The normalized spacial score (nSPS) is 16.1. The Balaban J connectivity index is 1.75. The van der Waals surface area contributed by atoms with E-state index in [1.54, 1.807) is 30.9 Å². The second-order valence-corrected chi connectivity index (χ2v) is 8.98. The van der Waals surface area contributed by atoms with Crippen molar-refractivity contribution in [2.45, 2.75) is 24.3 Å². The van der Waals surface area contributed by atoms with E-state index in [2.05, 4.69) is 21.2 Å². The number of rotatable bonds is 5. The lowest BCUT2D eigenvalue weighted by Crippen LogP contribution is -2.54. The van der Waals surface area contributed by atoms with Gasteiger partial charge in [0.15, 0.2) is 0 Å². The van der Waals surface area contributed by atoms with Crippen molar-refractivity contribution in [1.82, 2.24) is 0 Å². The fourth-order valence-corrected chi connectivity index (χ4v) is 3.94. The molecule has 3 rings (SSSR count). The highest BCUT2D eigenvalue weighted by Gasteiger charge is 2.38. The van der Waals surface area contributed by atoms with E-state index in [4.69, 9.17) is 4.18 Å². The van der Waals surface area contributed by atoms with E-state index in [1.807, 2.05) is 24.3 Å². The van der Waals surface area contributed by atoms with Crippen LogP contribution in [0.4, 0.5) is 11.4 Å². The number of hydrogen-bond donors (Lipinski definition) is 1. The number of nitrogens with zero attached hydrogens (tertiary/aromatic N) is 1. The summed E-state index contributed by atoms with van der Waals surface area (Å²) in [5.41, 5.74) is 0.758. The van der Waals surface area contributed by atoms with Crippen LogP contribution in [0.15, 0.2) is 57.9 Å². The molecule has 0 aromatic heterocycles. The lowest BCUT2D eigenvalue weighted by molar-refractivity contribution is -0.122. The van der Waals surface area contributed by atoms with Crippen LogP contribution >= 0.6 is 15.9 Å². The molecule has 0 radical (unpaired) electrons. The number of carbonyl (C=O) groups is 1. The molecule has 1 aliphatic heterocycles. The molecule has 0 unspecified atom stereocenters. The van der Waals surface area contributed by atoms with E-state index in [0.717, 1.165) is 10.2 Å². The molecule has 0 bridgehead atoms. The van der Waals surface area contributed by atoms with Crippen molar-refractivity contribution in [3.8, 4) is 0 Å². The van der Waals surface area contributed by atoms with Gasteiger partial charge in [-0.1, -0.05) is 28.1 Å². The maximum absolute atomic E-state index is 12.7. The topological polar surface area (TPSA) is 75.7 Å². The predicted octanol–water partition coefficient (Wildman–Crippen LogP) is 3.39. The molecule has 0 aliphatic carbocycles. The van der Waals surface area contributed by atoms with Crippen molar-refractivity contribution in [3.63, 3.8) is 0 Å². The highest BCUT2D eigenvalue weighted by atomic mass is 79.9. The molecule has 26 heavy (non-hydrogen) atoms. The fourth-order valence-electron chi connectivity index (χ4n) is 2.78. The van der Waals surface area contributed by atoms with E-state index in [-0.39, 0.29) is 24.0 Å². The van der Waals surface area contributed by atoms with Crippen LogP contribution in [0.3, 0.4) is 0 Å². The third-order valence-electron chi connectivity index (χ3n) is 4.08. The van der Waals surface area contributed by atoms with Gasteiger partial charge in [-0.2, -0.15) is 8.42 Å². The van der Waals surface area contributed by atoms with Gasteiger partial charge in [-0.15, -0.1) is 0 Å². The first-order valence-corrected chi connectivity index (χ1v) is 10.2. The number of para-hydroxylation sites is 2. The summed E-state index contributed by atoms with van der Waals surface area (Å²) < 4.78 is 30.5. The van der Waals surface area contributed by atoms with E-state index >= 15 is 0 Å². The summed E-state index contributed by atoms with van der Waals surface area (Å²) >= 11 is 3.26. The predicted molar refractivity (Wildman–Crippen MR) is 104 cm³/mol. The average Bonchev–Trinajstić information content (AvgIpc) is 2.58. The van der Waals surface area contributed by atoms with Crippen molar-refractivity contribution < 1.29 is 17.4 Å². The summed E-state index contributed by atoms with van der Waals surface area (Å²) in [4.78, 5) is 14.4. The smallest absolute Gasteiger partial charge is 0.297 e. The quantitative estimate of drug-likeness (QED) is 0.723. The minimum atomic E-state index is -3.88. The van der Waals surface area contributed by atoms with Gasteiger partial charge in [-0.05, 0) is 50.2 Å². The van der Waals surface area contributed by atoms with Crippen molar-refractivity contribution in [2.24, 2.45) is 0 Å². The SMILES string of the molecule is CC1(C)Nc2ccccc2N(CCOS(=O)(=O)c2ccc(Br)cc2)C1=O. The Bertz CT molecular complexity index is 926. The molecular formula is C18H19BrN2O4S. The molecule has 8 heteroatoms. The molecule has 6 nitrogen and oxygen atoms in total. The standard InChI is InChI=1S/C18H19BrN2O4S/c1-18(2)17(22)21(16-6-4-3-5-15(16)20-18)11-12-25-26(23,24)14-9-7-13(19)8-10-14/h3-10,20H,11-12H2,1-2H3.